The third kappa shape index (κ3) is 3.41. The molecule has 22 heavy (non-hydrogen) atoms. The summed E-state index contributed by atoms with van der Waals surface area (Å²) >= 11 is 0. The molecular formula is C17H18N4O. The number of hydrogen-bond donors (Lipinski definition) is 1. The summed E-state index contributed by atoms with van der Waals surface area (Å²) in [6, 6.07) is 12.1. The van der Waals surface area contributed by atoms with E-state index in [-0.39, 0.29) is 6.42 Å². The standard InChI is InChI=1S/C17H18N4O/c1-12-5-4-6-16(9-12)21-13(2)10-15(14(21)3)11-19-20-17(22)7-8-18/h4-6,9-11H,7H2,1-3H3,(H,20,22)/b19-11+. The highest BCUT2D eigenvalue weighted by atomic mass is 16.2. The number of amides is 1. The average molecular weight is 294 g/mol. The molecule has 5 heteroatoms. The van der Waals surface area contributed by atoms with Crippen LogP contribution in [0.2, 0.25) is 0 Å². The van der Waals surface area contributed by atoms with Crippen LogP contribution in [-0.2, 0) is 4.79 Å². The predicted octanol–water partition coefficient (Wildman–Crippen LogP) is 2.77. The molecule has 1 aromatic carbocycles. The molecular weight excluding hydrogens is 276 g/mol. The molecule has 0 atom stereocenters. The summed E-state index contributed by atoms with van der Waals surface area (Å²) in [5, 5.41) is 12.3. The van der Waals surface area contributed by atoms with Gasteiger partial charge in [0.2, 0.25) is 0 Å². The molecule has 1 heterocycles. The monoisotopic (exact) mass is 294 g/mol. The molecule has 0 spiro atoms. The van der Waals surface area contributed by atoms with Crippen LogP contribution in [0.5, 0.6) is 0 Å². The van der Waals surface area contributed by atoms with Crippen LogP contribution in [0.25, 0.3) is 5.69 Å². The minimum absolute atomic E-state index is 0.195. The van der Waals surface area contributed by atoms with Gasteiger partial charge in [-0.25, -0.2) is 5.43 Å². The maximum atomic E-state index is 11.2. The zero-order chi connectivity index (χ0) is 16.1. The molecule has 2 rings (SSSR count). The summed E-state index contributed by atoms with van der Waals surface area (Å²) in [5.41, 5.74) is 7.69. The van der Waals surface area contributed by atoms with Crippen molar-refractivity contribution >= 4 is 12.1 Å². The Morgan fingerprint density at radius 2 is 2.14 bits per heavy atom. The number of nitriles is 1. The lowest BCUT2D eigenvalue weighted by Crippen LogP contribution is -2.16. The van der Waals surface area contributed by atoms with Crippen LogP contribution in [-0.4, -0.2) is 16.7 Å². The lowest BCUT2D eigenvalue weighted by molar-refractivity contribution is -0.120. The van der Waals surface area contributed by atoms with Crippen molar-refractivity contribution in [3.8, 4) is 11.8 Å². The van der Waals surface area contributed by atoms with E-state index in [4.69, 9.17) is 5.26 Å². The summed E-state index contributed by atoms with van der Waals surface area (Å²) in [4.78, 5) is 11.2. The second-order valence-corrected chi connectivity index (χ2v) is 5.13. The van der Waals surface area contributed by atoms with Crippen LogP contribution in [0.1, 0.15) is 28.9 Å². The summed E-state index contributed by atoms with van der Waals surface area (Å²) in [6.45, 7) is 6.10. The van der Waals surface area contributed by atoms with Gasteiger partial charge in [0.15, 0.2) is 0 Å². The van der Waals surface area contributed by atoms with E-state index in [0.29, 0.717) is 0 Å². The van der Waals surface area contributed by atoms with Gasteiger partial charge in [-0.05, 0) is 44.5 Å². The first-order chi connectivity index (χ1) is 10.5. The second kappa shape index (κ2) is 6.72. The number of benzene rings is 1. The molecule has 0 unspecified atom stereocenters. The molecule has 0 fully saturated rings. The van der Waals surface area contributed by atoms with Crippen LogP contribution in [0.3, 0.4) is 0 Å². The minimum Gasteiger partial charge on any atom is -0.318 e. The summed E-state index contributed by atoms with van der Waals surface area (Å²) in [6.07, 6.45) is 1.41. The number of aryl methyl sites for hydroxylation is 2. The molecule has 0 saturated heterocycles. The van der Waals surface area contributed by atoms with E-state index in [1.54, 1.807) is 12.3 Å². The first-order valence-corrected chi connectivity index (χ1v) is 6.97. The Balaban J connectivity index is 2.26. The maximum Gasteiger partial charge on any atom is 0.254 e. The summed E-state index contributed by atoms with van der Waals surface area (Å²) in [7, 11) is 0. The number of aromatic nitrogens is 1. The van der Waals surface area contributed by atoms with Gasteiger partial charge in [0.1, 0.15) is 6.42 Å². The fourth-order valence-electron chi connectivity index (χ4n) is 2.37. The van der Waals surface area contributed by atoms with Crippen LogP contribution < -0.4 is 5.43 Å². The van der Waals surface area contributed by atoms with Gasteiger partial charge in [0.25, 0.3) is 5.91 Å². The van der Waals surface area contributed by atoms with Gasteiger partial charge in [-0.1, -0.05) is 12.1 Å². The topological polar surface area (TPSA) is 70.2 Å². The van der Waals surface area contributed by atoms with Crippen molar-refractivity contribution in [2.75, 3.05) is 0 Å². The number of hydrazone groups is 1. The fraction of sp³-hybridized carbons (Fsp3) is 0.235. The molecule has 1 amide bonds. The molecule has 1 aromatic heterocycles. The number of carbonyl (C=O) groups excluding carboxylic acids is 1. The highest BCUT2D eigenvalue weighted by Crippen LogP contribution is 2.20. The highest BCUT2D eigenvalue weighted by Gasteiger charge is 2.09. The second-order valence-electron chi connectivity index (χ2n) is 5.13. The van der Waals surface area contributed by atoms with Crippen LogP contribution in [0.15, 0.2) is 35.4 Å². The summed E-state index contributed by atoms with van der Waals surface area (Å²) < 4.78 is 2.14. The minimum atomic E-state index is -0.411. The molecule has 0 aliphatic heterocycles. The van der Waals surface area contributed by atoms with Gasteiger partial charge < -0.3 is 4.57 Å². The van der Waals surface area contributed by atoms with Crippen LogP contribution in [0.4, 0.5) is 0 Å². The van der Waals surface area contributed by atoms with E-state index >= 15 is 0 Å². The van der Waals surface area contributed by atoms with E-state index in [1.165, 1.54) is 5.56 Å². The maximum absolute atomic E-state index is 11.2. The van der Waals surface area contributed by atoms with Crippen molar-refractivity contribution in [1.29, 1.82) is 5.26 Å². The van der Waals surface area contributed by atoms with Crippen molar-refractivity contribution in [2.24, 2.45) is 5.10 Å². The molecule has 112 valence electrons. The van der Waals surface area contributed by atoms with Gasteiger partial charge in [0.05, 0.1) is 12.3 Å². The SMILES string of the molecule is Cc1cccc(-n2c(C)cc(/C=N/NC(=O)CC#N)c2C)c1. The average Bonchev–Trinajstić information content (AvgIpc) is 2.74. The van der Waals surface area contributed by atoms with E-state index in [2.05, 4.69) is 40.2 Å². The van der Waals surface area contributed by atoms with Crippen molar-refractivity contribution in [3.05, 3.63) is 52.8 Å². The van der Waals surface area contributed by atoms with E-state index in [0.717, 1.165) is 22.6 Å². The number of nitrogens with zero attached hydrogens (tertiary/aromatic N) is 3. The third-order valence-corrected chi connectivity index (χ3v) is 3.36. The van der Waals surface area contributed by atoms with Gasteiger partial charge in [-0.3, -0.25) is 4.79 Å². The molecule has 0 radical (unpaired) electrons. The van der Waals surface area contributed by atoms with Crippen molar-refractivity contribution < 1.29 is 4.79 Å². The van der Waals surface area contributed by atoms with Crippen LogP contribution >= 0.6 is 0 Å². The van der Waals surface area contributed by atoms with Crippen LogP contribution in [0, 0.1) is 32.1 Å². The lowest BCUT2D eigenvalue weighted by atomic mass is 10.2. The van der Waals surface area contributed by atoms with Gasteiger partial charge in [0, 0.05) is 22.6 Å². The Morgan fingerprint density at radius 3 is 2.82 bits per heavy atom. The van der Waals surface area contributed by atoms with Crippen molar-refractivity contribution in [1.82, 2.24) is 9.99 Å². The van der Waals surface area contributed by atoms with Crippen molar-refractivity contribution in [3.63, 3.8) is 0 Å². The molecule has 0 bridgehead atoms. The van der Waals surface area contributed by atoms with E-state index < -0.39 is 5.91 Å². The van der Waals surface area contributed by atoms with E-state index in [1.807, 2.05) is 26.0 Å². The normalized spacial score (nSPS) is 10.6. The number of carbonyl (C=O) groups is 1. The zero-order valence-electron chi connectivity index (χ0n) is 12.9. The number of rotatable bonds is 4. The predicted molar refractivity (Wildman–Crippen MR) is 85.9 cm³/mol. The molecule has 2 aromatic rings. The molecule has 5 nitrogen and oxygen atoms in total. The Labute approximate surface area is 129 Å². The number of hydrogen-bond acceptors (Lipinski definition) is 3. The fourth-order valence-corrected chi connectivity index (χ4v) is 2.37. The van der Waals surface area contributed by atoms with Gasteiger partial charge >= 0.3 is 0 Å². The Bertz CT molecular complexity index is 765. The Hall–Kier alpha value is -2.87. The molecule has 1 N–H and O–H groups in total. The Kier molecular flexibility index (Phi) is 4.74. The molecule has 0 aliphatic rings. The Morgan fingerprint density at radius 1 is 1.36 bits per heavy atom. The van der Waals surface area contributed by atoms with Crippen molar-refractivity contribution in [2.45, 2.75) is 27.2 Å². The first kappa shape index (κ1) is 15.5. The zero-order valence-corrected chi connectivity index (χ0v) is 12.9. The molecule has 0 aliphatic carbocycles. The summed E-state index contributed by atoms with van der Waals surface area (Å²) in [5.74, 6) is -0.411. The molecule has 0 saturated carbocycles. The lowest BCUT2D eigenvalue weighted by Gasteiger charge is -2.10. The third-order valence-electron chi connectivity index (χ3n) is 3.36. The van der Waals surface area contributed by atoms with Gasteiger partial charge in [-0.2, -0.15) is 10.4 Å². The number of nitrogens with one attached hydrogen (secondary N) is 1. The first-order valence-electron chi connectivity index (χ1n) is 6.97. The highest BCUT2D eigenvalue weighted by molar-refractivity contribution is 5.84. The van der Waals surface area contributed by atoms with E-state index in [9.17, 15) is 4.79 Å². The van der Waals surface area contributed by atoms with Gasteiger partial charge in [-0.15, -0.1) is 0 Å². The quantitative estimate of drug-likeness (QED) is 0.695. The smallest absolute Gasteiger partial charge is 0.254 e. The largest absolute Gasteiger partial charge is 0.318 e.